The van der Waals surface area contributed by atoms with Crippen molar-refractivity contribution in [3.63, 3.8) is 0 Å². The molecule has 0 unspecified atom stereocenters. The number of aromatic nitrogens is 3. The molecule has 3 heterocycles. The zero-order valence-electron chi connectivity index (χ0n) is 18.5. The second kappa shape index (κ2) is 9.72. The molecule has 1 aliphatic rings. The van der Waals surface area contributed by atoms with Gasteiger partial charge in [-0.05, 0) is 30.3 Å². The van der Waals surface area contributed by atoms with Gasteiger partial charge in [-0.25, -0.2) is 4.39 Å². The number of anilines is 3. The van der Waals surface area contributed by atoms with Crippen molar-refractivity contribution in [1.82, 2.24) is 31.2 Å². The van der Waals surface area contributed by atoms with E-state index in [1.54, 1.807) is 29.2 Å². The number of hydrogen-bond acceptors (Lipinski definition) is 8. The first kappa shape index (κ1) is 24.0. The largest absolute Gasteiger partial charge is 0.371 e. The van der Waals surface area contributed by atoms with Crippen LogP contribution in [0.15, 0.2) is 54.6 Å². The van der Waals surface area contributed by atoms with E-state index in [4.69, 9.17) is 34.8 Å². The lowest BCUT2D eigenvalue weighted by Gasteiger charge is -2.22. The minimum Gasteiger partial charge on any atom is -0.371 e. The smallest absolute Gasteiger partial charge is 0.166 e. The fourth-order valence-corrected chi connectivity index (χ4v) is 4.46. The molecule has 5 rings (SSSR count). The van der Waals surface area contributed by atoms with Gasteiger partial charge in [0.25, 0.3) is 0 Å². The van der Waals surface area contributed by atoms with Crippen molar-refractivity contribution in [2.45, 2.75) is 6.04 Å². The molecule has 0 spiro atoms. The summed E-state index contributed by atoms with van der Waals surface area (Å²) in [4.78, 5) is 4.35. The molecule has 13 heteroatoms. The number of nitrogens with one attached hydrogen (secondary N) is 5. The molecular formula is C23H17Cl3FN9. The van der Waals surface area contributed by atoms with Gasteiger partial charge in [0.05, 0.1) is 48.9 Å². The topological polar surface area (TPSA) is 115 Å². The Bertz CT molecular complexity index is 1560. The van der Waals surface area contributed by atoms with E-state index >= 15 is 0 Å². The van der Waals surface area contributed by atoms with Crippen LogP contribution in [0, 0.1) is 17.1 Å². The maximum Gasteiger partial charge on any atom is 0.166 e. The van der Waals surface area contributed by atoms with Crippen molar-refractivity contribution in [2.24, 2.45) is 7.05 Å². The van der Waals surface area contributed by atoms with Crippen LogP contribution in [0.2, 0.25) is 15.1 Å². The Morgan fingerprint density at radius 1 is 1.17 bits per heavy atom. The second-order valence-corrected chi connectivity index (χ2v) is 9.00. The van der Waals surface area contributed by atoms with Crippen molar-refractivity contribution in [1.29, 1.82) is 5.26 Å². The minimum atomic E-state index is -0.742. The number of halogens is 4. The van der Waals surface area contributed by atoms with Crippen molar-refractivity contribution in [2.75, 3.05) is 10.6 Å². The van der Waals surface area contributed by atoms with Crippen molar-refractivity contribution in [3.8, 4) is 6.07 Å². The SMILES string of the molecule is Cn1nccc1[C@H](Nc1cc(Cl)c2ncc(C#N)c(Nc3ccc(Cl)c(Cl)c3F)c2c1)C1=CNNN1. The minimum absolute atomic E-state index is 0.0492. The summed E-state index contributed by atoms with van der Waals surface area (Å²) in [5.74, 6) is -0.742. The third-order valence-electron chi connectivity index (χ3n) is 5.62. The van der Waals surface area contributed by atoms with Gasteiger partial charge in [0.2, 0.25) is 0 Å². The summed E-state index contributed by atoms with van der Waals surface area (Å²) in [5, 5.41) is 21.1. The third-order valence-corrected chi connectivity index (χ3v) is 6.69. The number of nitriles is 1. The summed E-state index contributed by atoms with van der Waals surface area (Å²) in [6.45, 7) is 0. The summed E-state index contributed by atoms with van der Waals surface area (Å²) in [7, 11) is 1.84. The molecule has 0 fully saturated rings. The molecule has 0 bridgehead atoms. The van der Waals surface area contributed by atoms with E-state index in [9.17, 15) is 9.65 Å². The number of hydrogen-bond donors (Lipinski definition) is 5. The fourth-order valence-electron chi connectivity index (χ4n) is 3.88. The van der Waals surface area contributed by atoms with Crippen molar-refractivity contribution in [3.05, 3.63) is 86.8 Å². The van der Waals surface area contributed by atoms with Crippen LogP contribution in [0.25, 0.3) is 10.9 Å². The lowest BCUT2D eigenvalue weighted by molar-refractivity contribution is 0.573. The van der Waals surface area contributed by atoms with Crippen LogP contribution in [-0.2, 0) is 7.05 Å². The van der Waals surface area contributed by atoms with E-state index in [-0.39, 0.29) is 27.3 Å². The van der Waals surface area contributed by atoms with E-state index in [1.807, 2.05) is 13.1 Å². The standard InChI is InChI=1S/C23H17Cl3FN9/c1-36-18(4-5-31-36)23(17-10-30-35-34-17)32-12-6-13-21(11(8-28)9-29-22(13)15(25)7-12)33-16-3-2-14(24)19(26)20(16)27/h2-7,9-10,23,30,32,34-35H,1H3,(H,29,33)/t23-/m1/s1. The Hall–Kier alpha value is -3.75. The van der Waals surface area contributed by atoms with Crippen LogP contribution in [0.1, 0.15) is 17.3 Å². The highest BCUT2D eigenvalue weighted by Crippen LogP contribution is 2.38. The Balaban J connectivity index is 1.62. The van der Waals surface area contributed by atoms with Crippen LogP contribution in [-0.4, -0.2) is 14.8 Å². The second-order valence-electron chi connectivity index (χ2n) is 7.81. The van der Waals surface area contributed by atoms with Crippen molar-refractivity contribution < 1.29 is 4.39 Å². The van der Waals surface area contributed by atoms with Gasteiger partial charge in [-0.15, -0.1) is 0 Å². The van der Waals surface area contributed by atoms with Gasteiger partial charge in [0, 0.05) is 36.7 Å². The molecule has 4 aromatic rings. The number of benzene rings is 2. The first-order chi connectivity index (χ1) is 17.4. The summed E-state index contributed by atoms with van der Waals surface area (Å²) in [6.07, 6.45) is 4.86. The van der Waals surface area contributed by atoms with Crippen LogP contribution >= 0.6 is 34.8 Å². The Labute approximate surface area is 219 Å². The summed E-state index contributed by atoms with van der Waals surface area (Å²) in [6, 6.07) is 10.1. The summed E-state index contributed by atoms with van der Waals surface area (Å²) < 4.78 is 16.6. The molecule has 36 heavy (non-hydrogen) atoms. The lowest BCUT2D eigenvalue weighted by atomic mass is 10.1. The van der Waals surface area contributed by atoms with Gasteiger partial charge >= 0.3 is 0 Å². The molecule has 0 aliphatic carbocycles. The number of fused-ring (bicyclic) bond motifs is 1. The molecule has 0 amide bonds. The van der Waals surface area contributed by atoms with Gasteiger partial charge in [-0.1, -0.05) is 34.8 Å². The normalized spacial score (nSPS) is 13.5. The Kier molecular flexibility index (Phi) is 6.47. The molecule has 0 saturated carbocycles. The fraction of sp³-hybridized carbons (Fsp3) is 0.0870. The molecule has 182 valence electrons. The first-order valence-corrected chi connectivity index (χ1v) is 11.6. The maximum atomic E-state index is 14.8. The van der Waals surface area contributed by atoms with Crippen LogP contribution < -0.4 is 27.0 Å². The molecule has 1 aliphatic heterocycles. The predicted molar refractivity (Wildman–Crippen MR) is 138 cm³/mol. The van der Waals surface area contributed by atoms with Crippen LogP contribution in [0.5, 0.6) is 0 Å². The predicted octanol–water partition coefficient (Wildman–Crippen LogP) is 5.29. The third kappa shape index (κ3) is 4.34. The number of pyridine rings is 1. The zero-order chi connectivity index (χ0) is 25.4. The van der Waals surface area contributed by atoms with Gasteiger partial charge < -0.3 is 21.5 Å². The average molecular weight is 545 g/mol. The highest BCUT2D eigenvalue weighted by molar-refractivity contribution is 6.42. The monoisotopic (exact) mass is 543 g/mol. The molecule has 1 atom stereocenters. The highest BCUT2D eigenvalue weighted by atomic mass is 35.5. The summed E-state index contributed by atoms with van der Waals surface area (Å²) >= 11 is 18.5. The molecule has 5 N–H and O–H groups in total. The van der Waals surface area contributed by atoms with Crippen LogP contribution in [0.4, 0.5) is 21.5 Å². The van der Waals surface area contributed by atoms with E-state index in [0.717, 1.165) is 11.4 Å². The number of nitrogens with zero attached hydrogens (tertiary/aromatic N) is 4. The lowest BCUT2D eigenvalue weighted by Crippen LogP contribution is -2.34. The van der Waals surface area contributed by atoms with E-state index in [0.29, 0.717) is 27.3 Å². The molecule has 0 radical (unpaired) electrons. The highest BCUT2D eigenvalue weighted by Gasteiger charge is 2.23. The average Bonchev–Trinajstić information content (AvgIpc) is 3.55. The first-order valence-electron chi connectivity index (χ1n) is 10.5. The molecule has 9 nitrogen and oxygen atoms in total. The quantitative estimate of drug-likeness (QED) is 0.208. The van der Waals surface area contributed by atoms with E-state index < -0.39 is 5.82 Å². The van der Waals surface area contributed by atoms with Gasteiger partial charge in [-0.2, -0.15) is 15.9 Å². The van der Waals surface area contributed by atoms with E-state index in [2.05, 4.69) is 43.2 Å². The number of aryl methyl sites for hydroxylation is 1. The number of rotatable bonds is 6. The van der Waals surface area contributed by atoms with Gasteiger partial charge in [0.1, 0.15) is 12.1 Å². The molecule has 0 saturated heterocycles. The summed E-state index contributed by atoms with van der Waals surface area (Å²) in [5.41, 5.74) is 12.1. The zero-order valence-corrected chi connectivity index (χ0v) is 20.8. The molecule has 2 aromatic heterocycles. The molecule has 2 aromatic carbocycles. The Morgan fingerprint density at radius 3 is 2.69 bits per heavy atom. The van der Waals surface area contributed by atoms with Gasteiger partial charge in [-0.3, -0.25) is 9.67 Å². The number of hydrazine groups is 2. The van der Waals surface area contributed by atoms with Gasteiger partial charge in [0.15, 0.2) is 5.82 Å². The molecular weight excluding hydrogens is 528 g/mol. The van der Waals surface area contributed by atoms with E-state index in [1.165, 1.54) is 18.3 Å². The Morgan fingerprint density at radius 2 is 2.00 bits per heavy atom. The van der Waals surface area contributed by atoms with Crippen LogP contribution in [0.3, 0.4) is 0 Å². The van der Waals surface area contributed by atoms with Crippen molar-refractivity contribution >= 4 is 62.8 Å². The maximum absolute atomic E-state index is 14.8.